The van der Waals surface area contributed by atoms with Crippen LogP contribution in [0.3, 0.4) is 0 Å². The normalized spacial score (nSPS) is 21.3. The van der Waals surface area contributed by atoms with Crippen molar-refractivity contribution in [2.75, 3.05) is 0 Å². The van der Waals surface area contributed by atoms with Gasteiger partial charge in [-0.05, 0) is 24.8 Å². The zero-order valence-electron chi connectivity index (χ0n) is 13.1. The molecule has 1 aromatic carbocycles. The Hall–Kier alpha value is -1.84. The van der Waals surface area contributed by atoms with Crippen LogP contribution in [0.15, 0.2) is 30.3 Å². The third-order valence-corrected chi connectivity index (χ3v) is 4.57. The Balaban J connectivity index is 2.38. The average Bonchev–Trinajstić information content (AvgIpc) is 2.52. The first kappa shape index (κ1) is 15.5. The maximum Gasteiger partial charge on any atom is 0.246 e. The number of amides is 2. The van der Waals surface area contributed by atoms with Crippen molar-refractivity contribution in [3.63, 3.8) is 0 Å². The fourth-order valence-electron chi connectivity index (χ4n) is 3.10. The molecule has 0 aromatic heterocycles. The molecule has 1 saturated heterocycles. The van der Waals surface area contributed by atoms with Crippen LogP contribution < -0.4 is 5.32 Å². The Morgan fingerprint density at radius 2 is 1.71 bits per heavy atom. The zero-order valence-corrected chi connectivity index (χ0v) is 13.1. The summed E-state index contributed by atoms with van der Waals surface area (Å²) >= 11 is 0. The van der Waals surface area contributed by atoms with Gasteiger partial charge in [0.15, 0.2) is 0 Å². The van der Waals surface area contributed by atoms with Gasteiger partial charge >= 0.3 is 0 Å². The SMILES string of the molecule is CCC1NC(=O)C(CC)(CC)N(Cc2ccccc2)C1=O. The van der Waals surface area contributed by atoms with Crippen molar-refractivity contribution in [3.8, 4) is 0 Å². The lowest BCUT2D eigenvalue weighted by molar-refractivity contribution is -0.159. The minimum atomic E-state index is -0.724. The first-order valence-electron chi connectivity index (χ1n) is 7.75. The van der Waals surface area contributed by atoms with Crippen LogP contribution in [-0.4, -0.2) is 28.3 Å². The highest BCUT2D eigenvalue weighted by molar-refractivity contribution is 5.99. The number of piperazine rings is 1. The Morgan fingerprint density at radius 1 is 1.10 bits per heavy atom. The van der Waals surface area contributed by atoms with Crippen LogP contribution in [0.4, 0.5) is 0 Å². The molecule has 4 heteroatoms. The van der Waals surface area contributed by atoms with Crippen LogP contribution in [0.2, 0.25) is 0 Å². The third-order valence-electron chi connectivity index (χ3n) is 4.57. The lowest BCUT2D eigenvalue weighted by Gasteiger charge is -2.47. The highest BCUT2D eigenvalue weighted by atomic mass is 16.2. The first-order valence-corrected chi connectivity index (χ1v) is 7.75. The predicted octanol–water partition coefficient (Wildman–Crippen LogP) is 2.48. The van der Waals surface area contributed by atoms with E-state index < -0.39 is 11.6 Å². The number of carbonyl (C=O) groups is 2. The minimum Gasteiger partial charge on any atom is -0.342 e. The summed E-state index contributed by atoms with van der Waals surface area (Å²) in [6.45, 7) is 6.36. The van der Waals surface area contributed by atoms with Crippen molar-refractivity contribution in [2.45, 2.75) is 58.2 Å². The van der Waals surface area contributed by atoms with E-state index in [1.807, 2.05) is 51.1 Å². The number of benzene rings is 1. The monoisotopic (exact) mass is 288 g/mol. The Kier molecular flexibility index (Phi) is 4.66. The quantitative estimate of drug-likeness (QED) is 0.905. The lowest BCUT2D eigenvalue weighted by atomic mass is 9.85. The molecule has 1 heterocycles. The van der Waals surface area contributed by atoms with Gasteiger partial charge in [0, 0.05) is 6.54 Å². The summed E-state index contributed by atoms with van der Waals surface area (Å²) in [5.41, 5.74) is 0.333. The van der Waals surface area contributed by atoms with Crippen LogP contribution in [-0.2, 0) is 16.1 Å². The van der Waals surface area contributed by atoms with E-state index in [1.54, 1.807) is 4.90 Å². The van der Waals surface area contributed by atoms with Crippen molar-refractivity contribution >= 4 is 11.8 Å². The van der Waals surface area contributed by atoms with Gasteiger partial charge in [0.05, 0.1) is 0 Å². The van der Waals surface area contributed by atoms with Gasteiger partial charge in [-0.3, -0.25) is 9.59 Å². The number of hydrogen-bond acceptors (Lipinski definition) is 2. The molecule has 0 bridgehead atoms. The topological polar surface area (TPSA) is 49.4 Å². The second kappa shape index (κ2) is 6.29. The van der Waals surface area contributed by atoms with Crippen LogP contribution in [0, 0.1) is 0 Å². The summed E-state index contributed by atoms with van der Waals surface area (Å²) in [5, 5.41) is 2.89. The van der Waals surface area contributed by atoms with Crippen molar-refractivity contribution in [1.82, 2.24) is 10.2 Å². The Bertz CT molecular complexity index is 509. The van der Waals surface area contributed by atoms with Crippen molar-refractivity contribution < 1.29 is 9.59 Å². The fraction of sp³-hybridized carbons (Fsp3) is 0.529. The highest BCUT2D eigenvalue weighted by Gasteiger charge is 2.49. The first-order chi connectivity index (χ1) is 10.1. The van der Waals surface area contributed by atoms with E-state index in [4.69, 9.17) is 0 Å². The molecule has 1 aliphatic heterocycles. The lowest BCUT2D eigenvalue weighted by Crippen LogP contribution is -2.69. The molecule has 114 valence electrons. The molecule has 1 fully saturated rings. The van der Waals surface area contributed by atoms with Gasteiger partial charge in [-0.25, -0.2) is 0 Å². The van der Waals surface area contributed by atoms with E-state index in [9.17, 15) is 9.59 Å². The summed E-state index contributed by atoms with van der Waals surface area (Å²) < 4.78 is 0. The molecule has 2 rings (SSSR count). The number of rotatable bonds is 5. The highest BCUT2D eigenvalue weighted by Crippen LogP contribution is 2.31. The van der Waals surface area contributed by atoms with E-state index in [2.05, 4.69) is 5.32 Å². The van der Waals surface area contributed by atoms with Gasteiger partial charge in [0.1, 0.15) is 11.6 Å². The molecule has 2 amide bonds. The second-order valence-corrected chi connectivity index (χ2v) is 5.58. The third kappa shape index (κ3) is 2.67. The maximum atomic E-state index is 12.8. The fourth-order valence-corrected chi connectivity index (χ4v) is 3.10. The molecule has 21 heavy (non-hydrogen) atoms. The summed E-state index contributed by atoms with van der Waals surface area (Å²) in [5.74, 6) is 0.0135. The van der Waals surface area contributed by atoms with Crippen LogP contribution in [0.1, 0.15) is 45.6 Å². The number of carbonyl (C=O) groups excluding carboxylic acids is 2. The summed E-state index contributed by atoms with van der Waals surface area (Å²) in [7, 11) is 0. The Labute approximate surface area is 126 Å². The van der Waals surface area contributed by atoms with E-state index in [0.717, 1.165) is 5.56 Å². The van der Waals surface area contributed by atoms with E-state index in [0.29, 0.717) is 25.8 Å². The predicted molar refractivity (Wildman–Crippen MR) is 82.5 cm³/mol. The van der Waals surface area contributed by atoms with Crippen molar-refractivity contribution in [3.05, 3.63) is 35.9 Å². The van der Waals surface area contributed by atoms with Gasteiger partial charge in [-0.15, -0.1) is 0 Å². The standard InChI is InChI=1S/C17H24N2O2/c1-4-14-15(20)19(12-13-10-8-7-9-11-13)17(5-2,6-3)16(21)18-14/h7-11,14H,4-6,12H2,1-3H3,(H,18,21). The molecule has 0 radical (unpaired) electrons. The second-order valence-electron chi connectivity index (χ2n) is 5.58. The molecule has 0 saturated carbocycles. The average molecular weight is 288 g/mol. The Morgan fingerprint density at radius 3 is 2.24 bits per heavy atom. The molecular weight excluding hydrogens is 264 g/mol. The summed E-state index contributed by atoms with van der Waals surface area (Å²) in [4.78, 5) is 27.1. The largest absolute Gasteiger partial charge is 0.342 e. The number of hydrogen-bond donors (Lipinski definition) is 1. The summed E-state index contributed by atoms with van der Waals surface area (Å²) in [6, 6.07) is 9.47. The van der Waals surface area contributed by atoms with E-state index >= 15 is 0 Å². The summed E-state index contributed by atoms with van der Waals surface area (Å²) in [6.07, 6.45) is 1.88. The maximum absolute atomic E-state index is 12.8. The minimum absolute atomic E-state index is 0.0186. The van der Waals surface area contributed by atoms with Gasteiger partial charge in [0.25, 0.3) is 0 Å². The molecule has 0 aliphatic carbocycles. The smallest absolute Gasteiger partial charge is 0.246 e. The molecule has 1 aliphatic rings. The zero-order chi connectivity index (χ0) is 15.5. The van der Waals surface area contributed by atoms with Crippen LogP contribution >= 0.6 is 0 Å². The molecule has 0 spiro atoms. The van der Waals surface area contributed by atoms with Crippen molar-refractivity contribution in [2.24, 2.45) is 0 Å². The van der Waals surface area contributed by atoms with Gasteiger partial charge in [-0.1, -0.05) is 51.1 Å². The molecule has 4 nitrogen and oxygen atoms in total. The molecule has 1 unspecified atom stereocenters. The van der Waals surface area contributed by atoms with Crippen LogP contribution in [0.5, 0.6) is 0 Å². The van der Waals surface area contributed by atoms with Gasteiger partial charge in [-0.2, -0.15) is 0 Å². The van der Waals surface area contributed by atoms with Crippen LogP contribution in [0.25, 0.3) is 0 Å². The molecule has 1 atom stereocenters. The van der Waals surface area contributed by atoms with Gasteiger partial charge < -0.3 is 10.2 Å². The molecule has 1 aromatic rings. The molecular formula is C17H24N2O2. The van der Waals surface area contributed by atoms with E-state index in [-0.39, 0.29) is 11.8 Å². The van der Waals surface area contributed by atoms with Gasteiger partial charge in [0.2, 0.25) is 11.8 Å². The van der Waals surface area contributed by atoms with E-state index in [1.165, 1.54) is 0 Å². The number of nitrogens with one attached hydrogen (secondary N) is 1. The number of nitrogens with zero attached hydrogens (tertiary/aromatic N) is 1. The van der Waals surface area contributed by atoms with Crippen molar-refractivity contribution in [1.29, 1.82) is 0 Å². The molecule has 1 N–H and O–H groups in total.